The van der Waals surface area contributed by atoms with Crippen LogP contribution in [-0.4, -0.2) is 28.0 Å². The predicted octanol–water partition coefficient (Wildman–Crippen LogP) is 5.47. The number of hydrogen-bond acceptors (Lipinski definition) is 3. The van der Waals surface area contributed by atoms with Crippen LogP contribution in [0.3, 0.4) is 0 Å². The molecule has 1 aliphatic carbocycles. The molecule has 0 aromatic heterocycles. The normalized spacial score (nSPS) is 19.6. The standard InChI is InChI=1S/C19H36O3Si/c1-14(2)23(15(3)4,16(5)6)22-13-18-10-8-17(9-11-18)12-19(20)21-7/h12,14-16,18H,8-11,13H2,1-7H3. The van der Waals surface area contributed by atoms with Gasteiger partial charge in [0.15, 0.2) is 8.32 Å². The van der Waals surface area contributed by atoms with E-state index in [1.807, 2.05) is 0 Å². The Morgan fingerprint density at radius 1 is 1.09 bits per heavy atom. The average molecular weight is 341 g/mol. The molecule has 4 heteroatoms. The molecule has 1 saturated carbocycles. The van der Waals surface area contributed by atoms with Crippen LogP contribution in [0.25, 0.3) is 0 Å². The number of carbonyl (C=O) groups is 1. The summed E-state index contributed by atoms with van der Waals surface area (Å²) in [6.45, 7) is 14.9. The lowest BCUT2D eigenvalue weighted by atomic mass is 9.86. The third-order valence-electron chi connectivity index (χ3n) is 5.55. The second-order valence-electron chi connectivity index (χ2n) is 7.90. The molecule has 1 rings (SSSR count). The average Bonchev–Trinajstić information content (AvgIpc) is 2.48. The fraction of sp³-hybridized carbons (Fsp3) is 0.842. The van der Waals surface area contributed by atoms with Crippen molar-refractivity contribution in [2.24, 2.45) is 5.92 Å². The van der Waals surface area contributed by atoms with Gasteiger partial charge in [0, 0.05) is 12.7 Å². The van der Waals surface area contributed by atoms with Gasteiger partial charge in [0.05, 0.1) is 7.11 Å². The molecule has 0 bridgehead atoms. The number of allylic oxidation sites excluding steroid dienone is 1. The molecule has 0 amide bonds. The van der Waals surface area contributed by atoms with Gasteiger partial charge in [0.25, 0.3) is 0 Å². The molecule has 134 valence electrons. The van der Waals surface area contributed by atoms with E-state index in [1.165, 1.54) is 12.7 Å². The molecule has 0 atom stereocenters. The van der Waals surface area contributed by atoms with E-state index in [2.05, 4.69) is 41.5 Å². The molecule has 23 heavy (non-hydrogen) atoms. The van der Waals surface area contributed by atoms with Gasteiger partial charge in [0.2, 0.25) is 0 Å². The van der Waals surface area contributed by atoms with Crippen molar-refractivity contribution in [2.45, 2.75) is 83.8 Å². The zero-order valence-corrected chi connectivity index (χ0v) is 17.1. The Kier molecular flexibility index (Phi) is 8.02. The monoisotopic (exact) mass is 340 g/mol. The van der Waals surface area contributed by atoms with Crippen LogP contribution in [-0.2, 0) is 14.0 Å². The molecular formula is C19H36O3Si. The van der Waals surface area contributed by atoms with Crippen LogP contribution >= 0.6 is 0 Å². The molecule has 1 aliphatic rings. The minimum atomic E-state index is -1.75. The van der Waals surface area contributed by atoms with Crippen LogP contribution in [0, 0.1) is 5.92 Å². The Labute approximate surface area is 144 Å². The summed E-state index contributed by atoms with van der Waals surface area (Å²) in [6, 6.07) is 0. The van der Waals surface area contributed by atoms with E-state index in [-0.39, 0.29) is 5.97 Å². The fourth-order valence-electron chi connectivity index (χ4n) is 4.35. The minimum Gasteiger partial charge on any atom is -0.466 e. The SMILES string of the molecule is COC(=O)C=C1CCC(CO[Si](C(C)C)(C(C)C)C(C)C)CC1. The van der Waals surface area contributed by atoms with Crippen molar-refractivity contribution < 1.29 is 14.0 Å². The van der Waals surface area contributed by atoms with Gasteiger partial charge in [-0.1, -0.05) is 47.1 Å². The molecule has 0 aliphatic heterocycles. The van der Waals surface area contributed by atoms with Gasteiger partial charge in [-0.25, -0.2) is 4.79 Å². The fourth-order valence-corrected chi connectivity index (χ4v) is 9.87. The Balaban J connectivity index is 2.61. The van der Waals surface area contributed by atoms with E-state index in [0.29, 0.717) is 22.5 Å². The van der Waals surface area contributed by atoms with E-state index in [0.717, 1.165) is 32.3 Å². The lowest BCUT2D eigenvalue weighted by Crippen LogP contribution is -2.48. The van der Waals surface area contributed by atoms with Gasteiger partial charge < -0.3 is 9.16 Å². The maximum absolute atomic E-state index is 11.3. The third kappa shape index (κ3) is 5.18. The van der Waals surface area contributed by atoms with Crippen molar-refractivity contribution in [2.75, 3.05) is 13.7 Å². The van der Waals surface area contributed by atoms with Gasteiger partial charge in [0.1, 0.15) is 0 Å². The van der Waals surface area contributed by atoms with E-state index in [1.54, 1.807) is 6.08 Å². The van der Waals surface area contributed by atoms with Crippen LogP contribution in [0.1, 0.15) is 67.2 Å². The number of carbonyl (C=O) groups excluding carboxylic acids is 1. The number of esters is 1. The zero-order valence-electron chi connectivity index (χ0n) is 16.1. The molecule has 0 aromatic carbocycles. The quantitative estimate of drug-likeness (QED) is 0.350. The Morgan fingerprint density at radius 3 is 1.96 bits per heavy atom. The van der Waals surface area contributed by atoms with E-state index in [9.17, 15) is 4.79 Å². The molecule has 1 fully saturated rings. The predicted molar refractivity (Wildman–Crippen MR) is 99.1 cm³/mol. The first-order valence-electron chi connectivity index (χ1n) is 9.15. The lowest BCUT2D eigenvalue weighted by Gasteiger charge is -2.43. The summed E-state index contributed by atoms with van der Waals surface area (Å²) in [7, 11) is -0.312. The highest BCUT2D eigenvalue weighted by Gasteiger charge is 2.45. The summed E-state index contributed by atoms with van der Waals surface area (Å²) in [5.41, 5.74) is 3.15. The maximum atomic E-state index is 11.3. The van der Waals surface area contributed by atoms with E-state index in [4.69, 9.17) is 9.16 Å². The largest absolute Gasteiger partial charge is 0.466 e. The highest BCUT2D eigenvalue weighted by molar-refractivity contribution is 6.77. The zero-order chi connectivity index (χ0) is 17.6. The maximum Gasteiger partial charge on any atom is 0.330 e. The first-order chi connectivity index (χ1) is 10.7. The summed E-state index contributed by atoms with van der Waals surface area (Å²) in [4.78, 5) is 11.3. The summed E-state index contributed by atoms with van der Waals surface area (Å²) >= 11 is 0. The van der Waals surface area contributed by atoms with Crippen molar-refractivity contribution in [3.8, 4) is 0 Å². The molecule has 0 N–H and O–H groups in total. The van der Waals surface area contributed by atoms with Crippen molar-refractivity contribution in [3.05, 3.63) is 11.6 Å². The Morgan fingerprint density at radius 2 is 1.57 bits per heavy atom. The van der Waals surface area contributed by atoms with Crippen LogP contribution in [0.15, 0.2) is 11.6 Å². The van der Waals surface area contributed by atoms with Crippen LogP contribution in [0.5, 0.6) is 0 Å². The van der Waals surface area contributed by atoms with Gasteiger partial charge in [-0.05, 0) is 48.2 Å². The third-order valence-corrected chi connectivity index (χ3v) is 11.6. The second-order valence-corrected chi connectivity index (χ2v) is 13.4. The molecule has 0 radical (unpaired) electrons. The molecule has 0 saturated heterocycles. The summed E-state index contributed by atoms with van der Waals surface area (Å²) < 4.78 is 11.4. The number of ether oxygens (including phenoxy) is 1. The molecule has 3 nitrogen and oxygen atoms in total. The number of methoxy groups -OCH3 is 1. The molecule has 0 spiro atoms. The van der Waals surface area contributed by atoms with Gasteiger partial charge in [-0.2, -0.15) is 0 Å². The van der Waals surface area contributed by atoms with Crippen LogP contribution < -0.4 is 0 Å². The van der Waals surface area contributed by atoms with Crippen molar-refractivity contribution >= 4 is 14.3 Å². The highest BCUT2D eigenvalue weighted by Crippen LogP contribution is 2.43. The summed E-state index contributed by atoms with van der Waals surface area (Å²) in [5, 5.41) is 0. The first kappa shape index (κ1) is 20.4. The Hall–Kier alpha value is -0.613. The van der Waals surface area contributed by atoms with Gasteiger partial charge in [-0.3, -0.25) is 0 Å². The lowest BCUT2D eigenvalue weighted by molar-refractivity contribution is -0.134. The highest BCUT2D eigenvalue weighted by atomic mass is 28.4. The second kappa shape index (κ2) is 9.02. The van der Waals surface area contributed by atoms with E-state index < -0.39 is 8.32 Å². The molecule has 0 aromatic rings. The van der Waals surface area contributed by atoms with Crippen LogP contribution in [0.2, 0.25) is 16.6 Å². The van der Waals surface area contributed by atoms with Gasteiger partial charge >= 0.3 is 5.97 Å². The molecule has 0 heterocycles. The van der Waals surface area contributed by atoms with Crippen molar-refractivity contribution in [1.82, 2.24) is 0 Å². The first-order valence-corrected chi connectivity index (χ1v) is 11.3. The van der Waals surface area contributed by atoms with Crippen molar-refractivity contribution in [3.63, 3.8) is 0 Å². The van der Waals surface area contributed by atoms with E-state index >= 15 is 0 Å². The van der Waals surface area contributed by atoms with Crippen molar-refractivity contribution in [1.29, 1.82) is 0 Å². The topological polar surface area (TPSA) is 35.5 Å². The molecule has 0 unspecified atom stereocenters. The smallest absolute Gasteiger partial charge is 0.330 e. The summed E-state index contributed by atoms with van der Waals surface area (Å²) in [6.07, 6.45) is 5.93. The number of rotatable bonds is 7. The summed E-state index contributed by atoms with van der Waals surface area (Å²) in [5.74, 6) is 0.411. The molecular weight excluding hydrogens is 304 g/mol. The van der Waals surface area contributed by atoms with Crippen LogP contribution in [0.4, 0.5) is 0 Å². The number of hydrogen-bond donors (Lipinski definition) is 0. The van der Waals surface area contributed by atoms with Gasteiger partial charge in [-0.15, -0.1) is 0 Å². The minimum absolute atomic E-state index is 0.222. The Bertz CT molecular complexity index is 381.